The average Bonchev–Trinajstić information content (AvgIpc) is 2.64. The fourth-order valence-corrected chi connectivity index (χ4v) is 4.88. The minimum Gasteiger partial charge on any atom is -0.411 e. The van der Waals surface area contributed by atoms with Crippen LogP contribution in [0.4, 0.5) is 0 Å². The van der Waals surface area contributed by atoms with Crippen molar-refractivity contribution in [3.8, 4) is 0 Å². The summed E-state index contributed by atoms with van der Waals surface area (Å²) in [5.41, 5.74) is 2.19. The molecule has 0 aromatic carbocycles. The predicted molar refractivity (Wildman–Crippen MR) is 96.7 cm³/mol. The first-order chi connectivity index (χ1) is 11.4. The molecule has 23 heavy (non-hydrogen) atoms. The normalized spacial score (nSPS) is 27.3. The van der Waals surface area contributed by atoms with Crippen LogP contribution in [0.25, 0.3) is 0 Å². The summed E-state index contributed by atoms with van der Waals surface area (Å²) in [4.78, 5) is 5.23. The lowest BCUT2D eigenvalue weighted by atomic mass is 9.77. The Morgan fingerprint density at radius 1 is 0.565 bits per heavy atom. The van der Waals surface area contributed by atoms with Gasteiger partial charge < -0.3 is 5.21 Å². The molecule has 0 aromatic heterocycles. The molecule has 3 aliphatic carbocycles. The lowest BCUT2D eigenvalue weighted by molar-refractivity contribution is 0.310. The standard InChI is InChI=1S/C20H34N2O/c23-22-20(17-12-6-2-7-13-17)19(16-10-4-1-5-11-16)21-18-14-8-3-9-15-18/h16-18,23H,1-15H2/b21-19?,22-20+. The molecule has 0 radical (unpaired) electrons. The highest BCUT2D eigenvalue weighted by molar-refractivity contribution is 6.43. The summed E-state index contributed by atoms with van der Waals surface area (Å²) >= 11 is 0. The number of rotatable bonds is 4. The summed E-state index contributed by atoms with van der Waals surface area (Å²) in [7, 11) is 0. The molecule has 0 saturated heterocycles. The van der Waals surface area contributed by atoms with E-state index in [2.05, 4.69) is 5.16 Å². The zero-order valence-electron chi connectivity index (χ0n) is 14.7. The quantitative estimate of drug-likeness (QED) is 0.400. The first-order valence-electron chi connectivity index (χ1n) is 10.2. The highest BCUT2D eigenvalue weighted by atomic mass is 16.4. The maximum atomic E-state index is 9.82. The fourth-order valence-electron chi connectivity index (χ4n) is 4.88. The van der Waals surface area contributed by atoms with E-state index in [0.717, 1.165) is 5.71 Å². The summed E-state index contributed by atoms with van der Waals surface area (Å²) in [6, 6.07) is 0.487. The maximum Gasteiger partial charge on any atom is 0.104 e. The van der Waals surface area contributed by atoms with Gasteiger partial charge in [0.15, 0.2) is 0 Å². The highest BCUT2D eigenvalue weighted by Gasteiger charge is 2.30. The average molecular weight is 319 g/mol. The first kappa shape index (κ1) is 17.0. The third-order valence-electron chi connectivity index (χ3n) is 6.25. The van der Waals surface area contributed by atoms with Crippen LogP contribution in [0.15, 0.2) is 10.1 Å². The highest BCUT2D eigenvalue weighted by Crippen LogP contribution is 2.32. The zero-order chi connectivity index (χ0) is 15.9. The maximum absolute atomic E-state index is 9.82. The van der Waals surface area contributed by atoms with Crippen molar-refractivity contribution in [1.82, 2.24) is 0 Å². The summed E-state index contributed by atoms with van der Waals surface area (Å²) < 4.78 is 0. The number of hydrogen-bond acceptors (Lipinski definition) is 3. The molecule has 0 aliphatic heterocycles. The number of oxime groups is 1. The summed E-state index contributed by atoms with van der Waals surface area (Å²) in [6.45, 7) is 0. The van der Waals surface area contributed by atoms with Crippen LogP contribution in [0, 0.1) is 11.8 Å². The molecule has 3 heteroatoms. The molecule has 1 N–H and O–H groups in total. The van der Waals surface area contributed by atoms with Crippen molar-refractivity contribution in [2.75, 3.05) is 0 Å². The molecule has 0 aromatic rings. The molecule has 0 spiro atoms. The Morgan fingerprint density at radius 2 is 1.00 bits per heavy atom. The van der Waals surface area contributed by atoms with Crippen molar-refractivity contribution in [2.45, 2.75) is 102 Å². The molecular weight excluding hydrogens is 284 g/mol. The van der Waals surface area contributed by atoms with Gasteiger partial charge in [-0.15, -0.1) is 0 Å². The lowest BCUT2D eigenvalue weighted by Crippen LogP contribution is -2.34. The van der Waals surface area contributed by atoms with Crippen molar-refractivity contribution in [3.05, 3.63) is 0 Å². The Labute approximate surface area is 141 Å². The second-order valence-electron chi connectivity index (χ2n) is 7.96. The first-order valence-corrected chi connectivity index (χ1v) is 10.2. The zero-order valence-corrected chi connectivity index (χ0v) is 14.7. The van der Waals surface area contributed by atoms with Crippen LogP contribution in [0.1, 0.15) is 96.3 Å². The van der Waals surface area contributed by atoms with Gasteiger partial charge in [0, 0.05) is 11.8 Å². The summed E-state index contributed by atoms with van der Waals surface area (Å²) in [5.74, 6) is 1.01. The van der Waals surface area contributed by atoms with Gasteiger partial charge in [-0.2, -0.15) is 0 Å². The van der Waals surface area contributed by atoms with E-state index in [-0.39, 0.29) is 0 Å². The molecule has 0 heterocycles. The number of aliphatic imine (C=N–C) groups is 1. The van der Waals surface area contributed by atoms with Crippen LogP contribution >= 0.6 is 0 Å². The van der Waals surface area contributed by atoms with E-state index >= 15 is 0 Å². The molecule has 3 nitrogen and oxygen atoms in total. The van der Waals surface area contributed by atoms with E-state index in [0.29, 0.717) is 17.9 Å². The Balaban J connectivity index is 1.81. The molecule has 130 valence electrons. The van der Waals surface area contributed by atoms with Crippen molar-refractivity contribution < 1.29 is 5.21 Å². The molecule has 3 fully saturated rings. The smallest absolute Gasteiger partial charge is 0.104 e. The van der Waals surface area contributed by atoms with Gasteiger partial charge in [0.2, 0.25) is 0 Å². The van der Waals surface area contributed by atoms with Crippen molar-refractivity contribution in [3.63, 3.8) is 0 Å². The Morgan fingerprint density at radius 3 is 1.48 bits per heavy atom. The fraction of sp³-hybridized carbons (Fsp3) is 0.900. The SMILES string of the molecule is O/N=C(/C(=NC1CCCCC1)C1CCCCC1)C1CCCCC1. The van der Waals surface area contributed by atoms with Gasteiger partial charge in [-0.1, -0.05) is 62.9 Å². The molecule has 0 atom stereocenters. The molecule has 0 unspecified atom stereocenters. The Hall–Kier alpha value is -0.860. The lowest BCUT2D eigenvalue weighted by Gasteiger charge is -2.30. The molecule has 0 amide bonds. The molecule has 3 saturated carbocycles. The van der Waals surface area contributed by atoms with Crippen LogP contribution in [0.5, 0.6) is 0 Å². The predicted octanol–water partition coefficient (Wildman–Crippen LogP) is 5.75. The summed E-state index contributed by atoms with van der Waals surface area (Å²) in [6.07, 6.45) is 19.3. The van der Waals surface area contributed by atoms with Crippen molar-refractivity contribution >= 4 is 11.4 Å². The Bertz CT molecular complexity index is 411. The molecule has 3 aliphatic rings. The van der Waals surface area contributed by atoms with Gasteiger partial charge >= 0.3 is 0 Å². The van der Waals surface area contributed by atoms with E-state index in [1.165, 1.54) is 102 Å². The van der Waals surface area contributed by atoms with E-state index < -0.39 is 0 Å². The van der Waals surface area contributed by atoms with E-state index in [4.69, 9.17) is 4.99 Å². The monoisotopic (exact) mass is 318 g/mol. The van der Waals surface area contributed by atoms with Crippen LogP contribution in [-0.2, 0) is 0 Å². The van der Waals surface area contributed by atoms with E-state index in [1.54, 1.807) is 0 Å². The summed E-state index contributed by atoms with van der Waals surface area (Å²) in [5, 5.41) is 13.7. The molecular formula is C20H34N2O. The minimum absolute atomic E-state index is 0.456. The molecule has 0 bridgehead atoms. The largest absolute Gasteiger partial charge is 0.411 e. The second-order valence-corrected chi connectivity index (χ2v) is 7.96. The number of hydrogen-bond donors (Lipinski definition) is 1. The Kier molecular flexibility index (Phi) is 6.53. The van der Waals surface area contributed by atoms with Crippen LogP contribution in [0.2, 0.25) is 0 Å². The van der Waals surface area contributed by atoms with Crippen molar-refractivity contribution in [2.24, 2.45) is 22.0 Å². The van der Waals surface area contributed by atoms with Gasteiger partial charge in [0.1, 0.15) is 5.71 Å². The van der Waals surface area contributed by atoms with Gasteiger partial charge in [-0.05, 0) is 38.5 Å². The van der Waals surface area contributed by atoms with E-state index in [1.807, 2.05) is 0 Å². The third-order valence-corrected chi connectivity index (χ3v) is 6.25. The van der Waals surface area contributed by atoms with Crippen LogP contribution in [0.3, 0.4) is 0 Å². The van der Waals surface area contributed by atoms with Gasteiger partial charge in [-0.3, -0.25) is 4.99 Å². The van der Waals surface area contributed by atoms with Crippen molar-refractivity contribution in [1.29, 1.82) is 0 Å². The topological polar surface area (TPSA) is 45.0 Å². The van der Waals surface area contributed by atoms with Gasteiger partial charge in [0.25, 0.3) is 0 Å². The second kappa shape index (κ2) is 8.84. The third kappa shape index (κ3) is 4.58. The van der Waals surface area contributed by atoms with Gasteiger partial charge in [0.05, 0.1) is 11.8 Å². The van der Waals surface area contributed by atoms with Crippen LogP contribution in [-0.4, -0.2) is 22.7 Å². The van der Waals surface area contributed by atoms with Gasteiger partial charge in [-0.25, -0.2) is 0 Å². The van der Waals surface area contributed by atoms with E-state index in [9.17, 15) is 5.21 Å². The minimum atomic E-state index is 0.456. The van der Waals surface area contributed by atoms with Crippen LogP contribution < -0.4 is 0 Å². The number of nitrogens with zero attached hydrogens (tertiary/aromatic N) is 2. The molecule has 3 rings (SSSR count).